The zero-order valence-corrected chi connectivity index (χ0v) is 13.6. The number of rotatable bonds is 3. The second-order valence-corrected chi connectivity index (χ2v) is 5.59. The molecule has 0 aliphatic carbocycles. The van der Waals surface area contributed by atoms with Crippen molar-refractivity contribution in [2.45, 2.75) is 0 Å². The van der Waals surface area contributed by atoms with Crippen LogP contribution in [0.15, 0.2) is 72.8 Å². The highest BCUT2D eigenvalue weighted by atomic mass is 16.5. The minimum Gasteiger partial charge on any atom is -0.497 e. The Kier molecular flexibility index (Phi) is 3.78. The molecule has 1 aromatic heterocycles. The molecule has 4 aromatic rings. The third-order valence-electron chi connectivity index (χ3n) is 4.05. The first-order valence-corrected chi connectivity index (χ1v) is 7.90. The molecule has 4 nitrogen and oxygen atoms in total. The molecule has 1 heterocycles. The molecule has 4 heteroatoms. The number of ether oxygens (including phenoxy) is 2. The van der Waals surface area contributed by atoms with Gasteiger partial charge in [0.25, 0.3) is 0 Å². The van der Waals surface area contributed by atoms with Gasteiger partial charge in [0.15, 0.2) is 0 Å². The highest BCUT2D eigenvalue weighted by molar-refractivity contribution is 6.15. The first-order chi connectivity index (χ1) is 12.3. The van der Waals surface area contributed by atoms with Crippen molar-refractivity contribution in [3.8, 4) is 11.5 Å². The van der Waals surface area contributed by atoms with Crippen molar-refractivity contribution < 1.29 is 14.3 Å². The first kappa shape index (κ1) is 15.1. The fourth-order valence-corrected chi connectivity index (χ4v) is 2.86. The Balaban J connectivity index is 1.95. The standard InChI is InChI=1S/C21H15NO3/c1-24-15-11-12-19-17(13-15)20(16-9-5-6-10-18(16)22-19)21(23)25-14-7-3-2-4-8-14/h2-13H,1H3. The van der Waals surface area contributed by atoms with E-state index < -0.39 is 5.97 Å². The van der Waals surface area contributed by atoms with E-state index in [-0.39, 0.29) is 0 Å². The molecule has 0 unspecified atom stereocenters. The number of para-hydroxylation sites is 2. The quantitative estimate of drug-likeness (QED) is 0.313. The van der Waals surface area contributed by atoms with Gasteiger partial charge in [-0.25, -0.2) is 9.78 Å². The number of esters is 1. The monoisotopic (exact) mass is 329 g/mol. The van der Waals surface area contributed by atoms with Gasteiger partial charge in [-0.15, -0.1) is 0 Å². The van der Waals surface area contributed by atoms with Crippen molar-refractivity contribution in [3.05, 3.63) is 78.4 Å². The van der Waals surface area contributed by atoms with Crippen molar-refractivity contribution in [1.82, 2.24) is 4.98 Å². The summed E-state index contributed by atoms with van der Waals surface area (Å²) in [4.78, 5) is 17.6. The van der Waals surface area contributed by atoms with Crippen LogP contribution in [0.4, 0.5) is 0 Å². The molecule has 0 aliphatic rings. The number of aromatic nitrogens is 1. The smallest absolute Gasteiger partial charge is 0.344 e. The Morgan fingerprint density at radius 3 is 2.32 bits per heavy atom. The van der Waals surface area contributed by atoms with Crippen LogP contribution in [0.2, 0.25) is 0 Å². The molecule has 4 rings (SSSR count). The van der Waals surface area contributed by atoms with Crippen molar-refractivity contribution in [2.24, 2.45) is 0 Å². The number of benzene rings is 3. The molecular weight excluding hydrogens is 314 g/mol. The van der Waals surface area contributed by atoms with Gasteiger partial charge < -0.3 is 9.47 Å². The zero-order valence-electron chi connectivity index (χ0n) is 13.6. The van der Waals surface area contributed by atoms with Crippen LogP contribution in [0.25, 0.3) is 21.8 Å². The summed E-state index contributed by atoms with van der Waals surface area (Å²) in [7, 11) is 1.59. The molecule has 0 saturated carbocycles. The topological polar surface area (TPSA) is 48.4 Å². The van der Waals surface area contributed by atoms with Crippen LogP contribution in [-0.4, -0.2) is 18.1 Å². The molecule has 0 aliphatic heterocycles. The summed E-state index contributed by atoms with van der Waals surface area (Å²) in [6, 6.07) is 22.1. The Morgan fingerprint density at radius 1 is 0.800 bits per heavy atom. The van der Waals surface area contributed by atoms with Crippen molar-refractivity contribution >= 4 is 27.8 Å². The maximum absolute atomic E-state index is 13.0. The third kappa shape index (κ3) is 2.78. The highest BCUT2D eigenvalue weighted by Gasteiger charge is 2.18. The summed E-state index contributed by atoms with van der Waals surface area (Å²) in [5.74, 6) is 0.755. The van der Waals surface area contributed by atoms with E-state index in [1.807, 2.05) is 60.7 Å². The Bertz CT molecular complexity index is 1070. The lowest BCUT2D eigenvalue weighted by atomic mass is 10.0. The lowest BCUT2D eigenvalue weighted by Crippen LogP contribution is -2.10. The van der Waals surface area contributed by atoms with E-state index in [0.29, 0.717) is 22.4 Å². The van der Waals surface area contributed by atoms with Gasteiger partial charge in [-0.05, 0) is 36.4 Å². The van der Waals surface area contributed by atoms with Gasteiger partial charge in [0, 0.05) is 10.8 Å². The van der Waals surface area contributed by atoms with Crippen molar-refractivity contribution in [2.75, 3.05) is 7.11 Å². The molecule has 0 radical (unpaired) electrons. The number of fused-ring (bicyclic) bond motifs is 2. The predicted octanol–water partition coefficient (Wildman–Crippen LogP) is 4.62. The number of hydrogen-bond donors (Lipinski definition) is 0. The molecule has 122 valence electrons. The average molecular weight is 329 g/mol. The summed E-state index contributed by atoms with van der Waals surface area (Å²) >= 11 is 0. The Labute approximate surface area is 144 Å². The van der Waals surface area contributed by atoms with Gasteiger partial charge in [0.05, 0.1) is 23.7 Å². The summed E-state index contributed by atoms with van der Waals surface area (Å²) in [5, 5.41) is 1.46. The number of nitrogens with zero attached hydrogens (tertiary/aromatic N) is 1. The van der Waals surface area contributed by atoms with Gasteiger partial charge in [-0.3, -0.25) is 0 Å². The van der Waals surface area contributed by atoms with Gasteiger partial charge in [0.2, 0.25) is 0 Å². The third-order valence-corrected chi connectivity index (χ3v) is 4.05. The molecule has 3 aromatic carbocycles. The molecule has 0 bridgehead atoms. The molecular formula is C21H15NO3. The van der Waals surface area contributed by atoms with Gasteiger partial charge in [0.1, 0.15) is 11.5 Å². The van der Waals surface area contributed by atoms with Crippen molar-refractivity contribution in [1.29, 1.82) is 0 Å². The van der Waals surface area contributed by atoms with Crippen LogP contribution in [-0.2, 0) is 0 Å². The Morgan fingerprint density at radius 2 is 1.52 bits per heavy atom. The number of pyridine rings is 1. The first-order valence-electron chi connectivity index (χ1n) is 7.90. The molecule has 0 spiro atoms. The molecule has 0 saturated heterocycles. The predicted molar refractivity (Wildman–Crippen MR) is 97.2 cm³/mol. The number of hydrogen-bond acceptors (Lipinski definition) is 4. The van der Waals surface area contributed by atoms with Crippen LogP contribution in [0.1, 0.15) is 10.4 Å². The number of methoxy groups -OCH3 is 1. The molecule has 0 amide bonds. The van der Waals surface area contributed by atoms with E-state index >= 15 is 0 Å². The largest absolute Gasteiger partial charge is 0.497 e. The maximum atomic E-state index is 13.0. The lowest BCUT2D eigenvalue weighted by molar-refractivity contribution is 0.0739. The van der Waals surface area contributed by atoms with Crippen LogP contribution in [0.5, 0.6) is 11.5 Å². The average Bonchev–Trinajstić information content (AvgIpc) is 2.66. The summed E-state index contributed by atoms with van der Waals surface area (Å²) in [6.07, 6.45) is 0. The van der Waals surface area contributed by atoms with E-state index in [9.17, 15) is 4.79 Å². The number of carbonyl (C=O) groups is 1. The van der Waals surface area contributed by atoms with Crippen LogP contribution < -0.4 is 9.47 Å². The van der Waals surface area contributed by atoms with Gasteiger partial charge in [-0.1, -0.05) is 36.4 Å². The Hall–Kier alpha value is -3.40. The van der Waals surface area contributed by atoms with Crippen LogP contribution in [0.3, 0.4) is 0 Å². The van der Waals surface area contributed by atoms with E-state index in [1.165, 1.54) is 0 Å². The van der Waals surface area contributed by atoms with E-state index in [1.54, 1.807) is 19.2 Å². The van der Waals surface area contributed by atoms with Gasteiger partial charge in [-0.2, -0.15) is 0 Å². The fraction of sp³-hybridized carbons (Fsp3) is 0.0476. The lowest BCUT2D eigenvalue weighted by Gasteiger charge is -2.11. The molecule has 25 heavy (non-hydrogen) atoms. The molecule has 0 atom stereocenters. The summed E-state index contributed by atoms with van der Waals surface area (Å²) in [5.41, 5.74) is 1.96. The molecule has 0 fully saturated rings. The SMILES string of the molecule is COc1ccc2nc3ccccc3c(C(=O)Oc3ccccc3)c2c1. The minimum absolute atomic E-state index is 0.414. The molecule has 0 N–H and O–H groups in total. The minimum atomic E-state index is -0.414. The summed E-state index contributed by atoms with van der Waals surface area (Å²) < 4.78 is 10.9. The second kappa shape index (κ2) is 6.24. The summed E-state index contributed by atoms with van der Waals surface area (Å²) in [6.45, 7) is 0. The van der Waals surface area contributed by atoms with Gasteiger partial charge >= 0.3 is 5.97 Å². The maximum Gasteiger partial charge on any atom is 0.344 e. The van der Waals surface area contributed by atoms with Crippen LogP contribution >= 0.6 is 0 Å². The van der Waals surface area contributed by atoms with E-state index in [0.717, 1.165) is 16.4 Å². The highest BCUT2D eigenvalue weighted by Crippen LogP contribution is 2.30. The van der Waals surface area contributed by atoms with Crippen molar-refractivity contribution in [3.63, 3.8) is 0 Å². The second-order valence-electron chi connectivity index (χ2n) is 5.59. The fourth-order valence-electron chi connectivity index (χ4n) is 2.86. The van der Waals surface area contributed by atoms with Crippen LogP contribution in [0, 0.1) is 0 Å². The van der Waals surface area contributed by atoms with E-state index in [4.69, 9.17) is 9.47 Å². The normalized spacial score (nSPS) is 10.8. The zero-order chi connectivity index (χ0) is 17.2. The number of carbonyl (C=O) groups excluding carboxylic acids is 1. The van der Waals surface area contributed by atoms with E-state index in [2.05, 4.69) is 4.98 Å².